The molecule has 0 saturated carbocycles. The second-order valence-corrected chi connectivity index (χ2v) is 4.26. The van der Waals surface area contributed by atoms with Crippen molar-refractivity contribution in [3.63, 3.8) is 0 Å². The third kappa shape index (κ3) is 3.11. The molecule has 0 unspecified atom stereocenters. The number of para-hydroxylation sites is 1. The van der Waals surface area contributed by atoms with Gasteiger partial charge in [0.2, 0.25) is 0 Å². The van der Waals surface area contributed by atoms with Gasteiger partial charge in [-0.1, -0.05) is 12.1 Å². The molecule has 0 aliphatic heterocycles. The van der Waals surface area contributed by atoms with Gasteiger partial charge in [-0.2, -0.15) is 0 Å². The molecule has 0 spiro atoms. The molecule has 0 bridgehead atoms. The number of methoxy groups -OCH3 is 1. The fraction of sp³-hybridized carbons (Fsp3) is 0.0667. The molecule has 0 saturated heterocycles. The van der Waals surface area contributed by atoms with Crippen LogP contribution < -0.4 is 15.8 Å². The molecule has 0 aliphatic carbocycles. The molecule has 2 aromatic rings. The first kappa shape index (κ1) is 14.4. The van der Waals surface area contributed by atoms with Crippen LogP contribution in [0.1, 0.15) is 20.7 Å². The van der Waals surface area contributed by atoms with Crippen molar-refractivity contribution in [3.8, 4) is 5.75 Å². The van der Waals surface area contributed by atoms with Crippen LogP contribution in [-0.2, 0) is 0 Å². The highest BCUT2D eigenvalue weighted by Crippen LogP contribution is 2.23. The lowest BCUT2D eigenvalue weighted by molar-refractivity contribution is 0.0698. The number of rotatable bonds is 4. The first-order chi connectivity index (χ1) is 10.0. The van der Waals surface area contributed by atoms with Gasteiger partial charge >= 0.3 is 5.97 Å². The molecule has 6 nitrogen and oxygen atoms in total. The third-order valence-corrected chi connectivity index (χ3v) is 2.87. The van der Waals surface area contributed by atoms with E-state index in [1.807, 2.05) is 0 Å². The Labute approximate surface area is 121 Å². The summed E-state index contributed by atoms with van der Waals surface area (Å²) in [6.45, 7) is 0. The number of carboxylic acid groups (broad SMARTS) is 1. The Morgan fingerprint density at radius 2 is 1.86 bits per heavy atom. The number of benzene rings is 2. The van der Waals surface area contributed by atoms with E-state index in [9.17, 15) is 9.59 Å². The van der Waals surface area contributed by atoms with Crippen molar-refractivity contribution >= 4 is 23.3 Å². The number of nitrogens with two attached hydrogens (primary N) is 1. The minimum absolute atomic E-state index is 0.0348. The highest BCUT2D eigenvalue weighted by atomic mass is 16.5. The van der Waals surface area contributed by atoms with Crippen LogP contribution in [0.5, 0.6) is 5.75 Å². The normalized spacial score (nSPS) is 9.95. The van der Waals surface area contributed by atoms with Gasteiger partial charge in [0.1, 0.15) is 5.75 Å². The average molecular weight is 286 g/mol. The van der Waals surface area contributed by atoms with E-state index < -0.39 is 11.9 Å². The molecule has 0 atom stereocenters. The molecule has 0 radical (unpaired) electrons. The summed E-state index contributed by atoms with van der Waals surface area (Å²) in [5.41, 5.74) is 6.39. The molecule has 21 heavy (non-hydrogen) atoms. The van der Waals surface area contributed by atoms with Crippen LogP contribution in [0, 0.1) is 0 Å². The SMILES string of the molecule is COc1ccccc1C(=O)Nc1cc(N)ccc1C(=O)O. The molecule has 6 heteroatoms. The largest absolute Gasteiger partial charge is 0.496 e. The monoisotopic (exact) mass is 286 g/mol. The number of ether oxygens (including phenoxy) is 1. The van der Waals surface area contributed by atoms with Crippen molar-refractivity contribution in [2.75, 3.05) is 18.2 Å². The Morgan fingerprint density at radius 1 is 1.14 bits per heavy atom. The molecule has 0 fully saturated rings. The summed E-state index contributed by atoms with van der Waals surface area (Å²) in [7, 11) is 1.45. The summed E-state index contributed by atoms with van der Waals surface area (Å²) >= 11 is 0. The molecule has 108 valence electrons. The molecular weight excluding hydrogens is 272 g/mol. The predicted octanol–water partition coefficient (Wildman–Crippen LogP) is 2.23. The lowest BCUT2D eigenvalue weighted by Crippen LogP contribution is -2.16. The van der Waals surface area contributed by atoms with Crippen molar-refractivity contribution in [2.24, 2.45) is 0 Å². The fourth-order valence-electron chi connectivity index (χ4n) is 1.87. The van der Waals surface area contributed by atoms with Gasteiger partial charge in [0, 0.05) is 5.69 Å². The van der Waals surface area contributed by atoms with Gasteiger partial charge in [0.25, 0.3) is 5.91 Å². The second-order valence-electron chi connectivity index (χ2n) is 4.26. The van der Waals surface area contributed by atoms with Crippen LogP contribution in [0.25, 0.3) is 0 Å². The molecule has 2 aromatic carbocycles. The van der Waals surface area contributed by atoms with E-state index in [1.54, 1.807) is 24.3 Å². The maximum absolute atomic E-state index is 12.3. The number of nitrogens with one attached hydrogen (secondary N) is 1. The number of anilines is 2. The van der Waals surface area contributed by atoms with Gasteiger partial charge in [-0.25, -0.2) is 4.79 Å². The standard InChI is InChI=1S/C15H14N2O4/c1-21-13-5-3-2-4-11(13)14(18)17-12-8-9(16)6-7-10(12)15(19)20/h2-8H,16H2,1H3,(H,17,18)(H,19,20). The summed E-state index contributed by atoms with van der Waals surface area (Å²) < 4.78 is 5.10. The van der Waals surface area contributed by atoms with E-state index >= 15 is 0 Å². The van der Waals surface area contributed by atoms with Crippen LogP contribution in [0.3, 0.4) is 0 Å². The summed E-state index contributed by atoms with van der Waals surface area (Å²) in [6, 6.07) is 10.9. The molecule has 0 heterocycles. The Hall–Kier alpha value is -3.02. The molecule has 4 N–H and O–H groups in total. The van der Waals surface area contributed by atoms with E-state index in [4.69, 9.17) is 15.6 Å². The molecule has 0 aromatic heterocycles. The molecule has 0 aliphatic rings. The van der Waals surface area contributed by atoms with Gasteiger partial charge in [0.15, 0.2) is 0 Å². The average Bonchev–Trinajstić information content (AvgIpc) is 2.46. The Kier molecular flexibility index (Phi) is 4.08. The predicted molar refractivity (Wildman–Crippen MR) is 78.8 cm³/mol. The first-order valence-electron chi connectivity index (χ1n) is 6.10. The summed E-state index contributed by atoms with van der Waals surface area (Å²) in [4.78, 5) is 23.4. The van der Waals surface area contributed by atoms with Gasteiger partial charge in [-0.05, 0) is 30.3 Å². The lowest BCUT2D eigenvalue weighted by Gasteiger charge is -2.11. The summed E-state index contributed by atoms with van der Waals surface area (Å²) in [6.07, 6.45) is 0. The van der Waals surface area contributed by atoms with Crippen molar-refractivity contribution in [1.29, 1.82) is 0 Å². The van der Waals surface area contributed by atoms with E-state index in [0.29, 0.717) is 17.0 Å². The van der Waals surface area contributed by atoms with Crippen molar-refractivity contribution in [2.45, 2.75) is 0 Å². The van der Waals surface area contributed by atoms with E-state index in [1.165, 1.54) is 25.3 Å². The first-order valence-corrected chi connectivity index (χ1v) is 6.10. The molecule has 1 amide bonds. The number of carbonyl (C=O) groups is 2. The van der Waals surface area contributed by atoms with Crippen LogP contribution in [0.15, 0.2) is 42.5 Å². The lowest BCUT2D eigenvalue weighted by atomic mass is 10.1. The number of carbonyl (C=O) groups excluding carboxylic acids is 1. The van der Waals surface area contributed by atoms with Crippen molar-refractivity contribution < 1.29 is 19.4 Å². The van der Waals surface area contributed by atoms with E-state index in [0.717, 1.165) is 0 Å². The smallest absolute Gasteiger partial charge is 0.337 e. The topological polar surface area (TPSA) is 102 Å². The van der Waals surface area contributed by atoms with Crippen LogP contribution >= 0.6 is 0 Å². The minimum Gasteiger partial charge on any atom is -0.496 e. The van der Waals surface area contributed by atoms with Gasteiger partial charge < -0.3 is 20.9 Å². The highest BCUT2D eigenvalue weighted by molar-refractivity contribution is 6.09. The van der Waals surface area contributed by atoms with Gasteiger partial charge in [-0.3, -0.25) is 4.79 Å². The van der Waals surface area contributed by atoms with Crippen molar-refractivity contribution in [1.82, 2.24) is 0 Å². The van der Waals surface area contributed by atoms with Crippen LogP contribution in [0.2, 0.25) is 0 Å². The zero-order valence-corrected chi connectivity index (χ0v) is 11.3. The van der Waals surface area contributed by atoms with E-state index in [-0.39, 0.29) is 11.3 Å². The highest BCUT2D eigenvalue weighted by Gasteiger charge is 2.16. The third-order valence-electron chi connectivity index (χ3n) is 2.87. The summed E-state index contributed by atoms with van der Waals surface area (Å²) in [5.74, 6) is -1.22. The maximum atomic E-state index is 12.3. The van der Waals surface area contributed by atoms with Crippen molar-refractivity contribution in [3.05, 3.63) is 53.6 Å². The zero-order chi connectivity index (χ0) is 15.4. The summed E-state index contributed by atoms with van der Waals surface area (Å²) in [5, 5.41) is 11.7. The minimum atomic E-state index is -1.15. The van der Waals surface area contributed by atoms with Gasteiger partial charge in [0.05, 0.1) is 23.9 Å². The molecule has 2 rings (SSSR count). The zero-order valence-electron chi connectivity index (χ0n) is 11.3. The second kappa shape index (κ2) is 5.96. The van der Waals surface area contributed by atoms with E-state index in [2.05, 4.69) is 5.32 Å². The quantitative estimate of drug-likeness (QED) is 0.748. The number of amides is 1. The maximum Gasteiger partial charge on any atom is 0.337 e. The van der Waals surface area contributed by atoms with Crippen LogP contribution in [0.4, 0.5) is 11.4 Å². The Bertz CT molecular complexity index is 698. The Balaban J connectivity index is 2.36. The van der Waals surface area contributed by atoms with Gasteiger partial charge in [-0.15, -0.1) is 0 Å². The number of hydrogen-bond acceptors (Lipinski definition) is 4. The number of aromatic carboxylic acids is 1. The number of hydrogen-bond donors (Lipinski definition) is 3. The molecular formula is C15H14N2O4. The Morgan fingerprint density at radius 3 is 2.52 bits per heavy atom. The van der Waals surface area contributed by atoms with Crippen LogP contribution in [-0.4, -0.2) is 24.1 Å². The fourth-order valence-corrected chi connectivity index (χ4v) is 1.87. The number of carboxylic acids is 1. The number of nitrogen functional groups attached to an aromatic ring is 1.